The van der Waals surface area contributed by atoms with Gasteiger partial charge in [0.05, 0.1) is 0 Å². The zero-order valence-corrected chi connectivity index (χ0v) is 8.76. The molecule has 0 aromatic heterocycles. The number of halogens is 2. The molecule has 0 nitrogen and oxygen atoms in total. The molecular weight excluding hydrogens is 194 g/mol. The number of hydrogen-bond acceptors (Lipinski definition) is 0. The van der Waals surface area contributed by atoms with E-state index in [4.69, 9.17) is 0 Å². The second-order valence-electron chi connectivity index (χ2n) is 3.92. The highest BCUT2D eigenvalue weighted by molar-refractivity contribution is 5.42. The van der Waals surface area contributed by atoms with Gasteiger partial charge in [-0.2, -0.15) is 8.78 Å². The molecule has 0 radical (unpaired) electrons. The molecule has 0 spiro atoms. The van der Waals surface area contributed by atoms with Crippen LogP contribution in [0.25, 0.3) is 0 Å². The van der Waals surface area contributed by atoms with Crippen LogP contribution in [0.1, 0.15) is 30.9 Å². The normalized spacial score (nSPS) is 18.2. The van der Waals surface area contributed by atoms with Gasteiger partial charge in [-0.15, -0.1) is 0 Å². The van der Waals surface area contributed by atoms with Crippen molar-refractivity contribution in [1.82, 2.24) is 0 Å². The van der Waals surface area contributed by atoms with Crippen LogP contribution >= 0.6 is 0 Å². The number of fused-ring (bicyclic) bond motifs is 1. The summed E-state index contributed by atoms with van der Waals surface area (Å²) in [6.45, 7) is 1.93. The van der Waals surface area contributed by atoms with E-state index in [2.05, 4.69) is 0 Å². The molecule has 0 fully saturated rings. The van der Waals surface area contributed by atoms with Crippen LogP contribution in [0.3, 0.4) is 0 Å². The first kappa shape index (κ1) is 10.3. The van der Waals surface area contributed by atoms with Crippen molar-refractivity contribution in [2.24, 2.45) is 0 Å². The van der Waals surface area contributed by atoms with Gasteiger partial charge in [-0.05, 0) is 24.0 Å². The van der Waals surface area contributed by atoms with E-state index in [-0.39, 0.29) is 11.1 Å². The Bertz CT molecular complexity index is 391. The van der Waals surface area contributed by atoms with Gasteiger partial charge in [0.15, 0.2) is 0 Å². The van der Waals surface area contributed by atoms with Crippen LogP contribution in [0.4, 0.5) is 8.78 Å². The summed E-state index contributed by atoms with van der Waals surface area (Å²) in [5.74, 6) is -2.76. The minimum absolute atomic E-state index is 0.191. The molecule has 1 aromatic rings. The maximum absolute atomic E-state index is 14.0. The second kappa shape index (κ2) is 3.76. The molecule has 1 aliphatic rings. The average molecular weight is 208 g/mol. The first-order valence-corrected chi connectivity index (χ1v) is 5.32. The summed E-state index contributed by atoms with van der Waals surface area (Å²) < 4.78 is 28.0. The fourth-order valence-electron chi connectivity index (χ4n) is 2.07. The summed E-state index contributed by atoms with van der Waals surface area (Å²) in [7, 11) is 0. The van der Waals surface area contributed by atoms with Crippen LogP contribution in [0.5, 0.6) is 0 Å². The highest BCUT2D eigenvalue weighted by atomic mass is 19.3. The first-order chi connectivity index (χ1) is 7.16. The molecule has 0 unspecified atom stereocenters. The molecule has 0 heterocycles. The van der Waals surface area contributed by atoms with Crippen LogP contribution in [0.15, 0.2) is 35.9 Å². The van der Waals surface area contributed by atoms with E-state index in [1.54, 1.807) is 18.2 Å². The topological polar surface area (TPSA) is 0 Å². The van der Waals surface area contributed by atoms with Gasteiger partial charge in [0, 0.05) is 5.56 Å². The fourth-order valence-corrected chi connectivity index (χ4v) is 2.07. The van der Waals surface area contributed by atoms with Gasteiger partial charge >= 0.3 is 0 Å². The predicted octanol–water partition coefficient (Wildman–Crippen LogP) is 4.06. The maximum atomic E-state index is 14.0. The molecule has 2 rings (SSSR count). The number of alkyl halides is 2. The van der Waals surface area contributed by atoms with Crippen LogP contribution in [0, 0.1) is 0 Å². The second-order valence-corrected chi connectivity index (χ2v) is 3.92. The SMILES string of the molecule is CCCC1=CCc2ccccc2C1(F)F. The zero-order valence-electron chi connectivity index (χ0n) is 8.76. The lowest BCUT2D eigenvalue weighted by molar-refractivity contribution is 0.0308. The first-order valence-electron chi connectivity index (χ1n) is 5.32. The van der Waals surface area contributed by atoms with Crippen molar-refractivity contribution in [2.45, 2.75) is 32.1 Å². The summed E-state index contributed by atoms with van der Waals surface area (Å²) in [6.07, 6.45) is 3.58. The van der Waals surface area contributed by atoms with E-state index >= 15 is 0 Å². The Kier molecular flexibility index (Phi) is 2.59. The third-order valence-corrected chi connectivity index (χ3v) is 2.85. The molecule has 0 N–H and O–H groups in total. The van der Waals surface area contributed by atoms with Crippen molar-refractivity contribution in [3.05, 3.63) is 47.0 Å². The van der Waals surface area contributed by atoms with Gasteiger partial charge < -0.3 is 0 Å². The van der Waals surface area contributed by atoms with Crippen LogP contribution < -0.4 is 0 Å². The quantitative estimate of drug-likeness (QED) is 0.643. The van der Waals surface area contributed by atoms with Crippen LogP contribution in [-0.2, 0) is 12.3 Å². The molecule has 1 aliphatic carbocycles. The number of allylic oxidation sites excluding steroid dienone is 2. The number of benzene rings is 1. The summed E-state index contributed by atoms with van der Waals surface area (Å²) in [5.41, 5.74) is 1.22. The Labute approximate surface area is 88.6 Å². The molecule has 1 aromatic carbocycles. The summed E-state index contributed by atoms with van der Waals surface area (Å²) in [5, 5.41) is 0. The predicted molar refractivity (Wildman–Crippen MR) is 57.0 cm³/mol. The minimum Gasteiger partial charge on any atom is -0.196 e. The number of rotatable bonds is 2. The van der Waals surface area contributed by atoms with Crippen molar-refractivity contribution in [2.75, 3.05) is 0 Å². The van der Waals surface area contributed by atoms with E-state index in [9.17, 15) is 8.78 Å². The smallest absolute Gasteiger partial charge is 0.196 e. The molecule has 15 heavy (non-hydrogen) atoms. The summed E-state index contributed by atoms with van der Waals surface area (Å²) in [6, 6.07) is 6.82. The lowest BCUT2D eigenvalue weighted by Gasteiger charge is -2.26. The molecule has 0 aliphatic heterocycles. The minimum atomic E-state index is -2.76. The Morgan fingerprint density at radius 2 is 2.00 bits per heavy atom. The monoisotopic (exact) mass is 208 g/mol. The lowest BCUT2D eigenvalue weighted by Crippen LogP contribution is -2.22. The molecular formula is C13H14F2. The van der Waals surface area contributed by atoms with Crippen LogP contribution in [0.2, 0.25) is 0 Å². The van der Waals surface area contributed by atoms with Crippen molar-refractivity contribution < 1.29 is 8.78 Å². The third kappa shape index (κ3) is 1.69. The van der Waals surface area contributed by atoms with Gasteiger partial charge in [-0.3, -0.25) is 0 Å². The van der Waals surface area contributed by atoms with Gasteiger partial charge in [-0.1, -0.05) is 43.7 Å². The Morgan fingerprint density at radius 1 is 1.27 bits per heavy atom. The van der Waals surface area contributed by atoms with Crippen molar-refractivity contribution in [1.29, 1.82) is 0 Å². The molecule has 0 atom stereocenters. The van der Waals surface area contributed by atoms with Crippen molar-refractivity contribution in [3.8, 4) is 0 Å². The third-order valence-electron chi connectivity index (χ3n) is 2.85. The molecule has 0 bridgehead atoms. The largest absolute Gasteiger partial charge is 0.294 e. The fraction of sp³-hybridized carbons (Fsp3) is 0.385. The average Bonchev–Trinajstić information content (AvgIpc) is 2.23. The molecule has 80 valence electrons. The van der Waals surface area contributed by atoms with E-state index in [0.29, 0.717) is 12.8 Å². The molecule has 2 heteroatoms. The molecule has 0 saturated heterocycles. The molecule has 0 amide bonds. The number of hydrogen-bond donors (Lipinski definition) is 0. The standard InChI is InChI=1S/C13H14F2/c1-2-5-11-9-8-10-6-3-4-7-12(10)13(11,14)15/h3-4,6-7,9H,2,5,8H2,1H3. The van der Waals surface area contributed by atoms with E-state index in [1.165, 1.54) is 6.07 Å². The van der Waals surface area contributed by atoms with Gasteiger partial charge in [-0.25, -0.2) is 0 Å². The highest BCUT2D eigenvalue weighted by Gasteiger charge is 2.39. The Balaban J connectivity index is 2.43. The van der Waals surface area contributed by atoms with E-state index in [0.717, 1.165) is 12.0 Å². The van der Waals surface area contributed by atoms with Crippen LogP contribution in [-0.4, -0.2) is 0 Å². The van der Waals surface area contributed by atoms with Gasteiger partial charge in [0.25, 0.3) is 5.92 Å². The highest BCUT2D eigenvalue weighted by Crippen LogP contribution is 2.42. The zero-order chi connectivity index (χ0) is 10.9. The lowest BCUT2D eigenvalue weighted by atomic mass is 9.86. The van der Waals surface area contributed by atoms with Crippen molar-refractivity contribution in [3.63, 3.8) is 0 Å². The molecule has 0 saturated carbocycles. The summed E-state index contributed by atoms with van der Waals surface area (Å²) >= 11 is 0. The Hall–Kier alpha value is -1.18. The summed E-state index contributed by atoms with van der Waals surface area (Å²) in [4.78, 5) is 0. The van der Waals surface area contributed by atoms with E-state index < -0.39 is 5.92 Å². The van der Waals surface area contributed by atoms with Crippen molar-refractivity contribution >= 4 is 0 Å². The Morgan fingerprint density at radius 3 is 2.73 bits per heavy atom. The maximum Gasteiger partial charge on any atom is 0.294 e. The van der Waals surface area contributed by atoms with Gasteiger partial charge in [0.2, 0.25) is 0 Å². The van der Waals surface area contributed by atoms with Gasteiger partial charge in [0.1, 0.15) is 0 Å². The van der Waals surface area contributed by atoms with E-state index in [1.807, 2.05) is 13.0 Å².